The molecule has 0 fully saturated rings. The van der Waals surface area contributed by atoms with E-state index >= 15 is 0 Å². The van der Waals surface area contributed by atoms with Gasteiger partial charge in [0.25, 0.3) is 0 Å². The molecule has 22 heavy (non-hydrogen) atoms. The van der Waals surface area contributed by atoms with Gasteiger partial charge in [-0.15, -0.1) is 0 Å². The number of esters is 2. The number of nitrogens with zero attached hydrogens (tertiary/aromatic N) is 1. The van der Waals surface area contributed by atoms with Gasteiger partial charge in [-0.25, -0.2) is 14.4 Å². The Morgan fingerprint density at radius 2 is 1.73 bits per heavy atom. The first-order valence-corrected chi connectivity index (χ1v) is 6.56. The molecule has 1 rings (SSSR count). The van der Waals surface area contributed by atoms with Crippen LogP contribution >= 0.6 is 0 Å². The fourth-order valence-corrected chi connectivity index (χ4v) is 1.29. The first kappa shape index (κ1) is 17.2. The van der Waals surface area contributed by atoms with Gasteiger partial charge in [-0.05, 0) is 12.1 Å². The Bertz CT molecular complexity index is 540. The molecule has 0 aliphatic carbocycles. The third-order valence-corrected chi connectivity index (χ3v) is 2.35. The van der Waals surface area contributed by atoms with Crippen molar-refractivity contribution in [2.75, 3.05) is 27.2 Å². The number of carbonyl (C=O) groups is 3. The number of carbonyl (C=O) groups excluding carboxylic acids is 3. The van der Waals surface area contributed by atoms with Gasteiger partial charge in [0.1, 0.15) is 12.4 Å². The fraction of sp³-hybridized carbons (Fsp3) is 0.267. The summed E-state index contributed by atoms with van der Waals surface area (Å²) in [7, 11) is 3.20. The molecule has 118 valence electrons. The van der Waals surface area contributed by atoms with Crippen molar-refractivity contribution >= 4 is 18.0 Å². The van der Waals surface area contributed by atoms with Crippen LogP contribution in [0.4, 0.5) is 4.79 Å². The van der Waals surface area contributed by atoms with Crippen molar-refractivity contribution in [3.63, 3.8) is 0 Å². The van der Waals surface area contributed by atoms with Gasteiger partial charge in [0.2, 0.25) is 0 Å². The zero-order valence-corrected chi connectivity index (χ0v) is 12.4. The second-order valence-electron chi connectivity index (χ2n) is 4.36. The number of ether oxygens (including phenoxy) is 2. The quantitative estimate of drug-likeness (QED) is 0.366. The zero-order chi connectivity index (χ0) is 16.4. The van der Waals surface area contributed by atoms with Gasteiger partial charge in [-0.3, -0.25) is 0 Å². The number of amides is 2. The Balaban J connectivity index is 2.24. The molecular weight excluding hydrogens is 288 g/mol. The summed E-state index contributed by atoms with van der Waals surface area (Å²) in [6.45, 7) is 0.196. The van der Waals surface area contributed by atoms with E-state index in [4.69, 9.17) is 9.47 Å². The second-order valence-corrected chi connectivity index (χ2v) is 4.36. The van der Waals surface area contributed by atoms with E-state index in [1.54, 1.807) is 44.4 Å². The third kappa shape index (κ3) is 7.09. The van der Waals surface area contributed by atoms with Crippen LogP contribution in [0.25, 0.3) is 0 Å². The number of para-hydroxylation sites is 1. The molecule has 0 aliphatic rings. The summed E-state index contributed by atoms with van der Waals surface area (Å²) in [5.41, 5.74) is 0. The van der Waals surface area contributed by atoms with E-state index in [1.807, 2.05) is 0 Å². The third-order valence-electron chi connectivity index (χ3n) is 2.35. The van der Waals surface area contributed by atoms with Gasteiger partial charge in [0.15, 0.2) is 0 Å². The lowest BCUT2D eigenvalue weighted by molar-refractivity contribution is -0.138. The van der Waals surface area contributed by atoms with Crippen LogP contribution in [0, 0.1) is 0 Å². The molecule has 1 aromatic carbocycles. The van der Waals surface area contributed by atoms with Crippen molar-refractivity contribution < 1.29 is 23.9 Å². The predicted molar refractivity (Wildman–Crippen MR) is 79.3 cm³/mol. The largest absolute Gasteiger partial charge is 0.461 e. The lowest BCUT2D eigenvalue weighted by Gasteiger charge is -2.11. The Hall–Kier alpha value is -2.83. The summed E-state index contributed by atoms with van der Waals surface area (Å²) in [6.07, 6.45) is 1.95. The normalized spacial score (nSPS) is 10.1. The molecule has 0 atom stereocenters. The van der Waals surface area contributed by atoms with Crippen LogP contribution in [-0.4, -0.2) is 50.1 Å². The van der Waals surface area contributed by atoms with E-state index in [2.05, 4.69) is 5.32 Å². The number of hydrogen-bond donors (Lipinski definition) is 1. The number of hydrogen-bond acceptors (Lipinski definition) is 5. The molecule has 7 nitrogen and oxygen atoms in total. The molecule has 0 aromatic heterocycles. The van der Waals surface area contributed by atoms with Crippen LogP contribution in [0.5, 0.6) is 5.75 Å². The molecule has 0 saturated carbocycles. The van der Waals surface area contributed by atoms with Crippen molar-refractivity contribution in [2.45, 2.75) is 0 Å². The highest BCUT2D eigenvalue weighted by Crippen LogP contribution is 2.08. The summed E-state index contributed by atoms with van der Waals surface area (Å²) in [6, 6.07) is 8.21. The topological polar surface area (TPSA) is 84.9 Å². The van der Waals surface area contributed by atoms with Crippen molar-refractivity contribution in [1.29, 1.82) is 0 Å². The average Bonchev–Trinajstić information content (AvgIpc) is 2.50. The minimum absolute atomic E-state index is 0.0104. The van der Waals surface area contributed by atoms with Gasteiger partial charge in [-0.1, -0.05) is 18.2 Å². The minimum Gasteiger partial charge on any atom is -0.461 e. The summed E-state index contributed by atoms with van der Waals surface area (Å²) >= 11 is 0. The van der Waals surface area contributed by atoms with E-state index in [0.717, 1.165) is 12.2 Å². The number of nitrogens with one attached hydrogen (secondary N) is 1. The van der Waals surface area contributed by atoms with Crippen LogP contribution in [0.15, 0.2) is 42.5 Å². The van der Waals surface area contributed by atoms with E-state index < -0.39 is 11.9 Å². The van der Waals surface area contributed by atoms with Gasteiger partial charge in [0.05, 0.1) is 6.54 Å². The Morgan fingerprint density at radius 1 is 1.09 bits per heavy atom. The maximum Gasteiger partial charge on any atom is 0.336 e. The molecule has 2 amide bonds. The SMILES string of the molecule is CN(C)C(=O)NCCOC(=O)/C=C/C(=O)Oc1ccccc1. The maximum absolute atomic E-state index is 11.4. The van der Waals surface area contributed by atoms with Crippen molar-refractivity contribution in [2.24, 2.45) is 0 Å². The van der Waals surface area contributed by atoms with Gasteiger partial charge in [0, 0.05) is 26.2 Å². The molecule has 1 N–H and O–H groups in total. The van der Waals surface area contributed by atoms with Crippen molar-refractivity contribution in [3.05, 3.63) is 42.5 Å². The maximum atomic E-state index is 11.4. The molecule has 7 heteroatoms. The van der Waals surface area contributed by atoms with Crippen LogP contribution in [0.1, 0.15) is 0 Å². The van der Waals surface area contributed by atoms with Crippen molar-refractivity contribution in [3.8, 4) is 5.75 Å². The molecule has 0 heterocycles. The van der Waals surface area contributed by atoms with E-state index in [-0.39, 0.29) is 19.2 Å². The first-order valence-electron chi connectivity index (χ1n) is 6.56. The molecule has 0 aliphatic heterocycles. The molecule has 0 unspecified atom stereocenters. The smallest absolute Gasteiger partial charge is 0.336 e. The monoisotopic (exact) mass is 306 g/mol. The first-order chi connectivity index (χ1) is 10.5. The molecule has 0 saturated heterocycles. The predicted octanol–water partition coefficient (Wildman–Crippen LogP) is 0.963. The minimum atomic E-state index is -0.691. The Morgan fingerprint density at radius 3 is 2.36 bits per heavy atom. The molecule has 0 bridgehead atoms. The van der Waals surface area contributed by atoms with Gasteiger partial charge < -0.3 is 19.7 Å². The molecular formula is C15H18N2O5. The van der Waals surface area contributed by atoms with Crippen LogP contribution < -0.4 is 10.1 Å². The molecule has 0 spiro atoms. The number of urea groups is 1. The summed E-state index contributed by atoms with van der Waals surface area (Å²) in [5.74, 6) is -0.981. The Kier molecular flexibility index (Phi) is 7.18. The second kappa shape index (κ2) is 9.17. The highest BCUT2D eigenvalue weighted by atomic mass is 16.5. The van der Waals surface area contributed by atoms with Crippen molar-refractivity contribution in [1.82, 2.24) is 10.2 Å². The lowest BCUT2D eigenvalue weighted by atomic mass is 10.3. The zero-order valence-electron chi connectivity index (χ0n) is 12.4. The number of benzene rings is 1. The molecule has 1 aromatic rings. The van der Waals surface area contributed by atoms with Crippen LogP contribution in [0.3, 0.4) is 0 Å². The van der Waals surface area contributed by atoms with E-state index in [1.165, 1.54) is 4.90 Å². The summed E-state index contributed by atoms with van der Waals surface area (Å²) in [4.78, 5) is 35.3. The van der Waals surface area contributed by atoms with E-state index in [0.29, 0.717) is 5.75 Å². The Labute approximate surface area is 128 Å². The van der Waals surface area contributed by atoms with Crippen LogP contribution in [-0.2, 0) is 14.3 Å². The highest BCUT2D eigenvalue weighted by Gasteiger charge is 2.04. The fourth-order valence-electron chi connectivity index (χ4n) is 1.29. The standard InChI is InChI=1S/C15H18N2O5/c1-17(2)15(20)16-10-11-21-13(18)8-9-14(19)22-12-6-4-3-5-7-12/h3-9H,10-11H2,1-2H3,(H,16,20)/b9-8+. The summed E-state index contributed by atoms with van der Waals surface area (Å²) < 4.78 is 9.76. The number of rotatable bonds is 6. The lowest BCUT2D eigenvalue weighted by Crippen LogP contribution is -2.36. The van der Waals surface area contributed by atoms with Crippen LogP contribution in [0.2, 0.25) is 0 Å². The average molecular weight is 306 g/mol. The van der Waals surface area contributed by atoms with E-state index in [9.17, 15) is 14.4 Å². The summed E-state index contributed by atoms with van der Waals surface area (Å²) in [5, 5.41) is 2.53. The highest BCUT2D eigenvalue weighted by molar-refractivity contribution is 5.92. The molecule has 0 radical (unpaired) electrons. The van der Waals surface area contributed by atoms with Gasteiger partial charge in [-0.2, -0.15) is 0 Å². The van der Waals surface area contributed by atoms with Gasteiger partial charge >= 0.3 is 18.0 Å².